The van der Waals surface area contributed by atoms with Crippen LogP contribution in [0.1, 0.15) is 31.6 Å². The summed E-state index contributed by atoms with van der Waals surface area (Å²) >= 11 is 0. The summed E-state index contributed by atoms with van der Waals surface area (Å²) in [4.78, 5) is 16.2. The summed E-state index contributed by atoms with van der Waals surface area (Å²) in [5, 5.41) is 15.2. The molecule has 21 heavy (non-hydrogen) atoms. The number of nitrogens with one attached hydrogen (secondary N) is 2. The number of hydrogen-bond donors (Lipinski definition) is 3. The number of carbonyl (C=O) groups excluding carboxylic acids is 1. The Bertz CT molecular complexity index is 645. The van der Waals surface area contributed by atoms with Gasteiger partial charge in [0, 0.05) is 18.7 Å². The molecule has 0 radical (unpaired) electrons. The topological polar surface area (TPSA) is 87.4 Å². The third kappa shape index (κ3) is 3.33. The predicted octanol–water partition coefficient (Wildman–Crippen LogP) is 2.56. The molecular weight excluding hydrogens is 270 g/mol. The first-order chi connectivity index (χ1) is 10.1. The lowest BCUT2D eigenvalue weighted by Gasteiger charge is -2.26. The Balaban J connectivity index is 1.60. The molecule has 1 aliphatic carbocycles. The SMILES string of the molecule is Cc1nc2cc(NC(=O)NC3CCC(O)CC3)ccc2o1. The van der Waals surface area contributed by atoms with Crippen molar-refractivity contribution in [3.63, 3.8) is 0 Å². The van der Waals surface area contributed by atoms with E-state index in [1.165, 1.54) is 0 Å². The Morgan fingerprint density at radius 2 is 2.10 bits per heavy atom. The summed E-state index contributed by atoms with van der Waals surface area (Å²) in [5.74, 6) is 0.604. The largest absolute Gasteiger partial charge is 0.441 e. The number of oxazole rings is 1. The van der Waals surface area contributed by atoms with E-state index in [1.807, 2.05) is 0 Å². The zero-order chi connectivity index (χ0) is 14.8. The molecule has 1 heterocycles. The molecule has 2 aromatic rings. The third-order valence-corrected chi connectivity index (χ3v) is 3.78. The van der Waals surface area contributed by atoms with Crippen molar-refractivity contribution < 1.29 is 14.3 Å². The van der Waals surface area contributed by atoms with Crippen LogP contribution in [0.2, 0.25) is 0 Å². The average Bonchev–Trinajstić information content (AvgIpc) is 2.80. The normalized spacial score (nSPS) is 22.2. The van der Waals surface area contributed by atoms with Crippen LogP contribution >= 0.6 is 0 Å². The molecule has 0 atom stereocenters. The lowest BCUT2D eigenvalue weighted by atomic mass is 9.93. The van der Waals surface area contributed by atoms with Gasteiger partial charge in [0.1, 0.15) is 5.52 Å². The first kappa shape index (κ1) is 13.9. The molecule has 3 rings (SSSR count). The molecule has 3 N–H and O–H groups in total. The summed E-state index contributed by atoms with van der Waals surface area (Å²) in [5.41, 5.74) is 2.12. The maximum Gasteiger partial charge on any atom is 0.319 e. The van der Waals surface area contributed by atoms with E-state index >= 15 is 0 Å². The van der Waals surface area contributed by atoms with E-state index in [9.17, 15) is 9.90 Å². The van der Waals surface area contributed by atoms with E-state index in [-0.39, 0.29) is 18.2 Å². The number of benzene rings is 1. The summed E-state index contributed by atoms with van der Waals surface area (Å²) in [7, 11) is 0. The van der Waals surface area contributed by atoms with E-state index in [0.29, 0.717) is 17.2 Å². The van der Waals surface area contributed by atoms with Gasteiger partial charge in [0.05, 0.1) is 6.10 Å². The average molecular weight is 289 g/mol. The van der Waals surface area contributed by atoms with E-state index in [4.69, 9.17) is 4.42 Å². The standard InChI is InChI=1S/C15H19N3O3/c1-9-16-13-8-11(4-7-14(13)21-9)18-15(20)17-10-2-5-12(19)6-3-10/h4,7-8,10,12,19H,2-3,5-6H2,1H3,(H2,17,18,20). The van der Waals surface area contributed by atoms with Crippen molar-refractivity contribution in [2.45, 2.75) is 44.8 Å². The molecule has 1 aliphatic rings. The fourth-order valence-corrected chi connectivity index (χ4v) is 2.69. The second-order valence-corrected chi connectivity index (χ2v) is 5.52. The van der Waals surface area contributed by atoms with Crippen LogP contribution in [0.5, 0.6) is 0 Å². The molecule has 6 nitrogen and oxygen atoms in total. The Hall–Kier alpha value is -2.08. The molecule has 112 valence electrons. The van der Waals surface area contributed by atoms with Gasteiger partial charge in [-0.25, -0.2) is 9.78 Å². The van der Waals surface area contributed by atoms with Crippen LogP contribution in [0.15, 0.2) is 22.6 Å². The van der Waals surface area contributed by atoms with Gasteiger partial charge in [-0.1, -0.05) is 0 Å². The van der Waals surface area contributed by atoms with Crippen LogP contribution in [0, 0.1) is 6.92 Å². The molecule has 0 unspecified atom stereocenters. The van der Waals surface area contributed by atoms with Crippen LogP contribution in [0.3, 0.4) is 0 Å². The first-order valence-electron chi connectivity index (χ1n) is 7.23. The Kier molecular flexibility index (Phi) is 3.79. The number of aromatic nitrogens is 1. The number of amides is 2. The fraction of sp³-hybridized carbons (Fsp3) is 0.467. The highest BCUT2D eigenvalue weighted by Gasteiger charge is 2.20. The summed E-state index contributed by atoms with van der Waals surface area (Å²) in [6.45, 7) is 1.79. The number of aliphatic hydroxyl groups is 1. The van der Waals surface area contributed by atoms with Gasteiger partial charge in [0.2, 0.25) is 0 Å². The van der Waals surface area contributed by atoms with Gasteiger partial charge in [-0.15, -0.1) is 0 Å². The number of fused-ring (bicyclic) bond motifs is 1. The van der Waals surface area contributed by atoms with Crippen molar-refractivity contribution >= 4 is 22.8 Å². The highest BCUT2D eigenvalue weighted by Crippen LogP contribution is 2.20. The van der Waals surface area contributed by atoms with Crippen molar-refractivity contribution in [1.29, 1.82) is 0 Å². The zero-order valence-corrected chi connectivity index (χ0v) is 11.9. The third-order valence-electron chi connectivity index (χ3n) is 3.78. The van der Waals surface area contributed by atoms with Crippen LogP contribution in [0.25, 0.3) is 11.1 Å². The van der Waals surface area contributed by atoms with Gasteiger partial charge in [0.25, 0.3) is 0 Å². The molecule has 1 aromatic carbocycles. The number of carbonyl (C=O) groups is 1. The molecule has 2 amide bonds. The highest BCUT2D eigenvalue weighted by atomic mass is 16.3. The molecular formula is C15H19N3O3. The quantitative estimate of drug-likeness (QED) is 0.793. The maximum absolute atomic E-state index is 12.0. The molecule has 0 spiro atoms. The second-order valence-electron chi connectivity index (χ2n) is 5.52. The van der Waals surface area contributed by atoms with Gasteiger partial charge in [-0.2, -0.15) is 0 Å². The number of anilines is 1. The van der Waals surface area contributed by atoms with Gasteiger partial charge in [0.15, 0.2) is 11.5 Å². The minimum Gasteiger partial charge on any atom is -0.441 e. The minimum absolute atomic E-state index is 0.131. The van der Waals surface area contributed by atoms with Crippen molar-refractivity contribution in [2.75, 3.05) is 5.32 Å². The fourth-order valence-electron chi connectivity index (χ4n) is 2.69. The first-order valence-corrected chi connectivity index (χ1v) is 7.23. The summed E-state index contributed by atoms with van der Waals surface area (Å²) < 4.78 is 5.40. The van der Waals surface area contributed by atoms with E-state index < -0.39 is 0 Å². The van der Waals surface area contributed by atoms with Crippen LogP contribution < -0.4 is 10.6 Å². The number of rotatable bonds is 2. The van der Waals surface area contributed by atoms with Gasteiger partial charge in [-0.3, -0.25) is 0 Å². The molecule has 0 bridgehead atoms. The van der Waals surface area contributed by atoms with Gasteiger partial charge < -0.3 is 20.2 Å². The van der Waals surface area contributed by atoms with E-state index in [0.717, 1.165) is 31.2 Å². The number of hydrogen-bond acceptors (Lipinski definition) is 4. The molecule has 6 heteroatoms. The molecule has 0 aliphatic heterocycles. The monoisotopic (exact) mass is 289 g/mol. The van der Waals surface area contributed by atoms with Crippen molar-refractivity contribution in [2.24, 2.45) is 0 Å². The lowest BCUT2D eigenvalue weighted by molar-refractivity contribution is 0.118. The number of aliphatic hydroxyl groups excluding tert-OH is 1. The highest BCUT2D eigenvalue weighted by molar-refractivity contribution is 5.91. The van der Waals surface area contributed by atoms with E-state index in [1.54, 1.807) is 25.1 Å². The Morgan fingerprint density at radius 1 is 1.33 bits per heavy atom. The van der Waals surface area contributed by atoms with Crippen LogP contribution in [-0.4, -0.2) is 28.3 Å². The zero-order valence-electron chi connectivity index (χ0n) is 11.9. The smallest absolute Gasteiger partial charge is 0.319 e. The lowest BCUT2D eigenvalue weighted by Crippen LogP contribution is -2.40. The Labute approximate surface area is 122 Å². The summed E-state index contributed by atoms with van der Waals surface area (Å²) in [6, 6.07) is 5.28. The Morgan fingerprint density at radius 3 is 2.86 bits per heavy atom. The molecule has 0 saturated heterocycles. The predicted molar refractivity (Wildman–Crippen MR) is 79.2 cm³/mol. The number of nitrogens with zero attached hydrogens (tertiary/aromatic N) is 1. The summed E-state index contributed by atoms with van der Waals surface area (Å²) in [6.07, 6.45) is 2.90. The molecule has 1 fully saturated rings. The van der Waals surface area contributed by atoms with E-state index in [2.05, 4.69) is 15.6 Å². The van der Waals surface area contributed by atoms with Crippen LogP contribution in [-0.2, 0) is 0 Å². The number of aryl methyl sites for hydroxylation is 1. The second kappa shape index (κ2) is 5.73. The minimum atomic E-state index is -0.226. The van der Waals surface area contributed by atoms with Gasteiger partial charge in [-0.05, 0) is 43.9 Å². The molecule has 1 aromatic heterocycles. The van der Waals surface area contributed by atoms with Gasteiger partial charge >= 0.3 is 6.03 Å². The number of urea groups is 1. The van der Waals surface area contributed by atoms with Crippen molar-refractivity contribution in [3.05, 3.63) is 24.1 Å². The van der Waals surface area contributed by atoms with Crippen molar-refractivity contribution in [3.8, 4) is 0 Å². The van der Waals surface area contributed by atoms with Crippen LogP contribution in [0.4, 0.5) is 10.5 Å². The molecule has 1 saturated carbocycles. The van der Waals surface area contributed by atoms with Crippen molar-refractivity contribution in [1.82, 2.24) is 10.3 Å². The maximum atomic E-state index is 12.0.